The van der Waals surface area contributed by atoms with Gasteiger partial charge in [-0.15, -0.1) is 0 Å². The molecule has 1 saturated heterocycles. The van der Waals surface area contributed by atoms with Crippen molar-refractivity contribution in [3.05, 3.63) is 30.1 Å². The SMILES string of the molecule is CC(C)NCCOc1ccc2cc(O)c(N3CC(=O)NS3(=O)=O)c(F)c2c1. The molecule has 0 atom stereocenters. The number of fused-ring (bicyclic) bond motifs is 1. The van der Waals surface area contributed by atoms with E-state index >= 15 is 4.39 Å². The van der Waals surface area contributed by atoms with Gasteiger partial charge in [-0.25, -0.2) is 13.4 Å². The lowest BCUT2D eigenvalue weighted by Crippen LogP contribution is -2.30. The number of halogens is 1. The number of aromatic hydroxyl groups is 1. The monoisotopic (exact) mass is 397 g/mol. The van der Waals surface area contributed by atoms with Gasteiger partial charge in [-0.1, -0.05) is 19.9 Å². The molecule has 10 heteroatoms. The van der Waals surface area contributed by atoms with Crippen molar-refractivity contribution in [2.75, 3.05) is 24.0 Å². The molecule has 146 valence electrons. The first kappa shape index (κ1) is 19.2. The van der Waals surface area contributed by atoms with E-state index in [0.29, 0.717) is 34.6 Å². The molecule has 1 heterocycles. The van der Waals surface area contributed by atoms with E-state index < -0.39 is 39.9 Å². The fourth-order valence-corrected chi connectivity index (χ4v) is 3.96. The summed E-state index contributed by atoms with van der Waals surface area (Å²) < 4.78 is 46.9. The molecule has 0 unspecified atom stereocenters. The molecule has 2 aromatic rings. The molecule has 0 bridgehead atoms. The Bertz CT molecular complexity index is 994. The van der Waals surface area contributed by atoms with E-state index in [-0.39, 0.29) is 5.39 Å². The van der Waals surface area contributed by atoms with Crippen molar-refractivity contribution in [3.63, 3.8) is 0 Å². The summed E-state index contributed by atoms with van der Waals surface area (Å²) in [5.74, 6) is -1.92. The second-order valence-electron chi connectivity index (χ2n) is 6.44. The molecule has 1 fully saturated rings. The Balaban J connectivity index is 1.95. The third-order valence-corrected chi connectivity index (χ3v) is 5.37. The van der Waals surface area contributed by atoms with E-state index in [1.54, 1.807) is 16.9 Å². The molecule has 0 saturated carbocycles. The average Bonchev–Trinajstić information content (AvgIpc) is 2.84. The Hall–Kier alpha value is -2.59. The van der Waals surface area contributed by atoms with Crippen molar-refractivity contribution in [1.82, 2.24) is 10.0 Å². The van der Waals surface area contributed by atoms with Crippen LogP contribution in [0, 0.1) is 5.82 Å². The van der Waals surface area contributed by atoms with Gasteiger partial charge in [0.25, 0.3) is 5.91 Å². The van der Waals surface area contributed by atoms with Gasteiger partial charge >= 0.3 is 10.2 Å². The molecule has 3 rings (SSSR count). The number of phenols is 1. The highest BCUT2D eigenvalue weighted by Gasteiger charge is 2.37. The number of anilines is 1. The fraction of sp³-hybridized carbons (Fsp3) is 0.353. The predicted molar refractivity (Wildman–Crippen MR) is 98.6 cm³/mol. The van der Waals surface area contributed by atoms with Gasteiger partial charge in [0, 0.05) is 18.0 Å². The first-order chi connectivity index (χ1) is 12.7. The van der Waals surface area contributed by atoms with Crippen molar-refractivity contribution >= 4 is 32.6 Å². The van der Waals surface area contributed by atoms with Gasteiger partial charge in [-0.05, 0) is 23.6 Å². The summed E-state index contributed by atoms with van der Waals surface area (Å²) in [7, 11) is -4.24. The van der Waals surface area contributed by atoms with Crippen molar-refractivity contribution in [1.29, 1.82) is 0 Å². The van der Waals surface area contributed by atoms with Gasteiger partial charge in [0.05, 0.1) is 0 Å². The van der Waals surface area contributed by atoms with Crippen molar-refractivity contribution in [3.8, 4) is 11.5 Å². The predicted octanol–water partition coefficient (Wildman–Crippen LogP) is 1.24. The maximum Gasteiger partial charge on any atom is 0.326 e. The van der Waals surface area contributed by atoms with Crippen LogP contribution in [-0.2, 0) is 15.0 Å². The van der Waals surface area contributed by atoms with Crippen LogP contribution in [-0.4, -0.2) is 45.2 Å². The zero-order valence-corrected chi connectivity index (χ0v) is 15.6. The second-order valence-corrected chi connectivity index (χ2v) is 8.03. The van der Waals surface area contributed by atoms with Crippen LogP contribution in [0.5, 0.6) is 11.5 Å². The third kappa shape index (κ3) is 3.91. The van der Waals surface area contributed by atoms with Crippen molar-refractivity contribution < 1.29 is 27.4 Å². The van der Waals surface area contributed by atoms with Crippen LogP contribution < -0.4 is 19.1 Å². The molecule has 0 spiro atoms. The maximum absolute atomic E-state index is 15.1. The molecule has 3 N–H and O–H groups in total. The summed E-state index contributed by atoms with van der Waals surface area (Å²) in [5, 5.41) is 13.8. The fourth-order valence-electron chi connectivity index (χ4n) is 2.80. The number of ether oxygens (including phenoxy) is 1. The van der Waals surface area contributed by atoms with Crippen LogP contribution in [0.1, 0.15) is 13.8 Å². The average molecular weight is 397 g/mol. The number of carbonyl (C=O) groups is 1. The van der Waals surface area contributed by atoms with Crippen molar-refractivity contribution in [2.45, 2.75) is 19.9 Å². The Morgan fingerprint density at radius 1 is 1.37 bits per heavy atom. The third-order valence-electron chi connectivity index (χ3n) is 4.00. The normalized spacial score (nSPS) is 16.1. The first-order valence-electron chi connectivity index (χ1n) is 8.34. The number of phenolic OH excluding ortho intramolecular Hbond substituents is 1. The summed E-state index contributed by atoms with van der Waals surface area (Å²) in [6.45, 7) is 4.39. The molecule has 1 aliphatic heterocycles. The highest BCUT2D eigenvalue weighted by Crippen LogP contribution is 2.39. The highest BCUT2D eigenvalue weighted by atomic mass is 32.2. The van der Waals surface area contributed by atoms with E-state index in [1.165, 1.54) is 12.1 Å². The van der Waals surface area contributed by atoms with Gasteiger partial charge in [0.15, 0.2) is 5.82 Å². The molecule has 0 aromatic heterocycles. The standard InChI is InChI=1S/C17H20FN3O5S/c1-10(2)19-5-6-26-12-4-3-11-7-14(22)17(16(18)13(11)8-12)21-9-15(23)20-27(21,24)25/h3-4,7-8,10,19,22H,5-6,9H2,1-2H3,(H,20,23). The van der Waals surface area contributed by atoms with Crippen LogP contribution in [0.4, 0.5) is 10.1 Å². The number of hydrogen-bond donors (Lipinski definition) is 3. The summed E-state index contributed by atoms with van der Waals surface area (Å²) in [6.07, 6.45) is 0. The van der Waals surface area contributed by atoms with Gasteiger partial charge in [0.1, 0.15) is 30.3 Å². The lowest BCUT2D eigenvalue weighted by Gasteiger charge is -2.18. The Morgan fingerprint density at radius 2 is 2.11 bits per heavy atom. The van der Waals surface area contributed by atoms with E-state index in [2.05, 4.69) is 5.32 Å². The lowest BCUT2D eigenvalue weighted by molar-refractivity contribution is -0.117. The molecule has 1 aliphatic rings. The Labute approximate surface area is 156 Å². The molecule has 8 nitrogen and oxygen atoms in total. The topological polar surface area (TPSA) is 108 Å². The van der Waals surface area contributed by atoms with Gasteiger partial charge in [0.2, 0.25) is 0 Å². The van der Waals surface area contributed by atoms with E-state index in [1.807, 2.05) is 13.8 Å². The summed E-state index contributed by atoms with van der Waals surface area (Å²) in [6, 6.07) is 6.19. The molecule has 2 aromatic carbocycles. The molecular formula is C17H20FN3O5S. The molecule has 0 radical (unpaired) electrons. The summed E-state index contributed by atoms with van der Waals surface area (Å²) in [4.78, 5) is 11.4. The van der Waals surface area contributed by atoms with E-state index in [9.17, 15) is 18.3 Å². The zero-order chi connectivity index (χ0) is 19.8. The minimum Gasteiger partial charge on any atom is -0.506 e. The maximum atomic E-state index is 15.1. The zero-order valence-electron chi connectivity index (χ0n) is 14.8. The number of hydrogen-bond acceptors (Lipinski definition) is 6. The number of rotatable bonds is 6. The number of benzene rings is 2. The number of amides is 1. The summed E-state index contributed by atoms with van der Waals surface area (Å²) in [5.41, 5.74) is -0.570. The van der Waals surface area contributed by atoms with Crippen LogP contribution in [0.15, 0.2) is 24.3 Å². The number of nitrogens with one attached hydrogen (secondary N) is 2. The molecule has 27 heavy (non-hydrogen) atoms. The first-order valence-corrected chi connectivity index (χ1v) is 9.78. The Morgan fingerprint density at radius 3 is 2.74 bits per heavy atom. The van der Waals surface area contributed by atoms with Gasteiger partial charge < -0.3 is 15.2 Å². The number of carbonyl (C=O) groups excluding carboxylic acids is 1. The smallest absolute Gasteiger partial charge is 0.326 e. The van der Waals surface area contributed by atoms with Crippen LogP contribution in [0.25, 0.3) is 10.8 Å². The largest absolute Gasteiger partial charge is 0.506 e. The number of nitrogens with zero attached hydrogens (tertiary/aromatic N) is 1. The second kappa shape index (κ2) is 7.20. The molecular weight excluding hydrogens is 377 g/mol. The van der Waals surface area contributed by atoms with Crippen molar-refractivity contribution in [2.24, 2.45) is 0 Å². The van der Waals surface area contributed by atoms with Gasteiger partial charge in [-0.2, -0.15) is 8.42 Å². The van der Waals surface area contributed by atoms with Gasteiger partial charge in [-0.3, -0.25) is 4.79 Å². The lowest BCUT2D eigenvalue weighted by atomic mass is 10.1. The highest BCUT2D eigenvalue weighted by molar-refractivity contribution is 7.92. The Kier molecular flexibility index (Phi) is 5.11. The minimum absolute atomic E-state index is 0.0756. The quantitative estimate of drug-likeness (QED) is 0.633. The van der Waals surface area contributed by atoms with Crippen LogP contribution >= 0.6 is 0 Å². The summed E-state index contributed by atoms with van der Waals surface area (Å²) >= 11 is 0. The van der Waals surface area contributed by atoms with E-state index in [4.69, 9.17) is 4.74 Å². The molecule has 1 amide bonds. The minimum atomic E-state index is -4.24. The van der Waals surface area contributed by atoms with E-state index in [0.717, 1.165) is 0 Å². The van der Waals surface area contributed by atoms with Crippen LogP contribution in [0.3, 0.4) is 0 Å². The molecule has 0 aliphatic carbocycles. The van der Waals surface area contributed by atoms with Crippen LogP contribution in [0.2, 0.25) is 0 Å².